The number of likely N-dealkylation sites (tertiary alicyclic amines) is 1. The summed E-state index contributed by atoms with van der Waals surface area (Å²) in [6.45, 7) is 10.1. The fourth-order valence-electron chi connectivity index (χ4n) is 4.10. The monoisotopic (exact) mass is 531 g/mol. The zero-order chi connectivity index (χ0) is 22.5. The Morgan fingerprint density at radius 1 is 1.41 bits per heavy atom. The van der Waals surface area contributed by atoms with E-state index in [9.17, 15) is 0 Å². The molecular weight excluding hydrogens is 506 g/mol. The lowest BCUT2D eigenvalue weighted by molar-refractivity contribution is 0.196. The molecule has 0 spiro atoms. The van der Waals surface area contributed by atoms with Crippen molar-refractivity contribution in [3.8, 4) is 11.3 Å². The molecule has 1 fully saturated rings. The van der Waals surface area contributed by atoms with Crippen molar-refractivity contribution < 1.29 is 0 Å². The standard InChI is InChI=1S/C24H27BrClN5S/c1-3-18(32-4-2)16-30-11-7-8-17(15-30)13-27-23-12-22(19-9-5-6-10-21(19)26)29-24-20(25)14-28-31(23)24/h3-6,9-10,12,14,17,27H,2,7-8,11,13,15-16H2,1H3/b18-3-. The van der Waals surface area contributed by atoms with E-state index >= 15 is 0 Å². The molecule has 1 aromatic carbocycles. The first-order valence-corrected chi connectivity index (χ1v) is 12.8. The van der Waals surface area contributed by atoms with E-state index < -0.39 is 0 Å². The highest BCUT2D eigenvalue weighted by molar-refractivity contribution is 9.10. The van der Waals surface area contributed by atoms with Crippen LogP contribution < -0.4 is 5.32 Å². The van der Waals surface area contributed by atoms with Crippen LogP contribution in [0.3, 0.4) is 0 Å². The number of halogens is 2. The van der Waals surface area contributed by atoms with Crippen molar-refractivity contribution in [1.82, 2.24) is 19.5 Å². The van der Waals surface area contributed by atoms with Gasteiger partial charge >= 0.3 is 0 Å². The lowest BCUT2D eigenvalue weighted by Crippen LogP contribution is -2.39. The second kappa shape index (κ2) is 10.9. The maximum atomic E-state index is 6.45. The largest absolute Gasteiger partial charge is 0.370 e. The second-order valence-electron chi connectivity index (χ2n) is 7.90. The topological polar surface area (TPSA) is 45.5 Å². The summed E-state index contributed by atoms with van der Waals surface area (Å²) >= 11 is 11.8. The van der Waals surface area contributed by atoms with Crippen LogP contribution in [0.4, 0.5) is 5.82 Å². The molecule has 168 valence electrons. The van der Waals surface area contributed by atoms with Gasteiger partial charge in [0.15, 0.2) is 5.65 Å². The Bertz CT molecular complexity index is 1130. The van der Waals surface area contributed by atoms with Crippen molar-refractivity contribution in [3.05, 3.63) is 69.0 Å². The number of piperidine rings is 1. The third kappa shape index (κ3) is 5.39. The summed E-state index contributed by atoms with van der Waals surface area (Å²) in [4.78, 5) is 8.70. The quantitative estimate of drug-likeness (QED) is 0.349. The first-order chi connectivity index (χ1) is 15.6. The van der Waals surface area contributed by atoms with E-state index in [0.29, 0.717) is 10.9 Å². The highest BCUT2D eigenvalue weighted by Crippen LogP contribution is 2.30. The summed E-state index contributed by atoms with van der Waals surface area (Å²) in [5.74, 6) is 1.49. The van der Waals surface area contributed by atoms with Crippen LogP contribution in [0.25, 0.3) is 16.9 Å². The zero-order valence-corrected chi connectivity index (χ0v) is 21.3. The normalized spacial score (nSPS) is 17.6. The first kappa shape index (κ1) is 23.4. The van der Waals surface area contributed by atoms with Gasteiger partial charge in [-0.2, -0.15) is 9.61 Å². The molecule has 0 radical (unpaired) electrons. The maximum Gasteiger partial charge on any atom is 0.172 e. The fourth-order valence-corrected chi connectivity index (χ4v) is 5.29. The molecule has 1 aliphatic rings. The van der Waals surface area contributed by atoms with Crippen molar-refractivity contribution in [1.29, 1.82) is 0 Å². The smallest absolute Gasteiger partial charge is 0.172 e. The summed E-state index contributed by atoms with van der Waals surface area (Å²) in [6, 6.07) is 9.83. The summed E-state index contributed by atoms with van der Waals surface area (Å²) in [5.41, 5.74) is 2.51. The number of allylic oxidation sites excluding steroid dienone is 1. The molecule has 5 nitrogen and oxygen atoms in total. The second-order valence-corrected chi connectivity index (χ2v) is 10.3. The van der Waals surface area contributed by atoms with Crippen molar-refractivity contribution in [2.75, 3.05) is 31.5 Å². The Labute approximate surface area is 207 Å². The van der Waals surface area contributed by atoms with Gasteiger partial charge in [0.1, 0.15) is 5.82 Å². The lowest BCUT2D eigenvalue weighted by atomic mass is 9.98. The zero-order valence-electron chi connectivity index (χ0n) is 18.1. The van der Waals surface area contributed by atoms with E-state index in [4.69, 9.17) is 16.6 Å². The van der Waals surface area contributed by atoms with Gasteiger partial charge in [-0.05, 0) is 64.5 Å². The van der Waals surface area contributed by atoms with Gasteiger partial charge in [-0.3, -0.25) is 4.90 Å². The molecule has 0 amide bonds. The molecule has 1 N–H and O–H groups in total. The van der Waals surface area contributed by atoms with Crippen LogP contribution in [-0.4, -0.2) is 45.7 Å². The SMILES string of the molecule is C=CS/C(=C\C)CN1CCCC(CNc2cc(-c3ccccc3Cl)nc3c(Br)cnn23)C1. The molecular formula is C24H27BrClN5S. The van der Waals surface area contributed by atoms with Crippen molar-refractivity contribution in [2.45, 2.75) is 19.8 Å². The summed E-state index contributed by atoms with van der Waals surface area (Å²) < 4.78 is 2.71. The Hall–Kier alpha value is -1.80. The van der Waals surface area contributed by atoms with Gasteiger partial charge in [-0.25, -0.2) is 4.98 Å². The predicted octanol–water partition coefficient (Wildman–Crippen LogP) is 6.72. The van der Waals surface area contributed by atoms with Gasteiger partial charge in [0.2, 0.25) is 0 Å². The number of hydrogen-bond acceptors (Lipinski definition) is 5. The van der Waals surface area contributed by atoms with Crippen molar-refractivity contribution in [3.63, 3.8) is 0 Å². The average Bonchev–Trinajstić information content (AvgIpc) is 3.18. The molecule has 1 atom stereocenters. The maximum absolute atomic E-state index is 6.45. The van der Waals surface area contributed by atoms with Gasteiger partial charge in [0.05, 0.1) is 16.4 Å². The highest BCUT2D eigenvalue weighted by Gasteiger charge is 2.21. The number of benzene rings is 1. The van der Waals surface area contributed by atoms with Crippen molar-refractivity contribution in [2.24, 2.45) is 5.92 Å². The number of thioether (sulfide) groups is 1. The molecule has 0 aliphatic carbocycles. The number of fused-ring (bicyclic) bond motifs is 1. The molecule has 2 aromatic heterocycles. The molecule has 1 saturated heterocycles. The number of anilines is 1. The van der Waals surface area contributed by atoms with E-state index in [2.05, 4.69) is 50.8 Å². The van der Waals surface area contributed by atoms with Crippen LogP contribution in [0, 0.1) is 5.92 Å². The third-order valence-electron chi connectivity index (χ3n) is 5.69. The summed E-state index contributed by atoms with van der Waals surface area (Å²) in [5, 5.41) is 10.7. The lowest BCUT2D eigenvalue weighted by Gasteiger charge is -2.33. The van der Waals surface area contributed by atoms with E-state index in [1.807, 2.05) is 40.3 Å². The van der Waals surface area contributed by atoms with Crippen molar-refractivity contribution >= 4 is 50.8 Å². The van der Waals surface area contributed by atoms with Gasteiger partial charge in [-0.15, -0.1) is 11.8 Å². The third-order valence-corrected chi connectivity index (χ3v) is 7.41. The molecule has 32 heavy (non-hydrogen) atoms. The average molecular weight is 533 g/mol. The molecule has 4 rings (SSSR count). The van der Waals surface area contributed by atoms with Crippen LogP contribution in [0.5, 0.6) is 0 Å². The first-order valence-electron chi connectivity index (χ1n) is 10.8. The molecule has 0 bridgehead atoms. The predicted molar refractivity (Wildman–Crippen MR) is 140 cm³/mol. The minimum atomic E-state index is 0.571. The Balaban J connectivity index is 1.52. The molecule has 1 unspecified atom stereocenters. The van der Waals surface area contributed by atoms with Crippen LogP contribution in [-0.2, 0) is 0 Å². The number of nitrogens with one attached hydrogen (secondary N) is 1. The van der Waals surface area contributed by atoms with E-state index in [-0.39, 0.29) is 0 Å². The van der Waals surface area contributed by atoms with Crippen LogP contribution >= 0.6 is 39.3 Å². The summed E-state index contributed by atoms with van der Waals surface area (Å²) in [7, 11) is 0. The molecule has 3 aromatic rings. The van der Waals surface area contributed by atoms with Gasteiger partial charge in [0, 0.05) is 36.3 Å². The molecule has 0 saturated carbocycles. The van der Waals surface area contributed by atoms with Gasteiger partial charge in [0.25, 0.3) is 0 Å². The van der Waals surface area contributed by atoms with E-state index in [1.54, 1.807) is 18.0 Å². The highest BCUT2D eigenvalue weighted by atomic mass is 79.9. The molecule has 1 aliphatic heterocycles. The Kier molecular flexibility index (Phi) is 7.94. The summed E-state index contributed by atoms with van der Waals surface area (Å²) in [6.07, 6.45) is 6.40. The number of hydrogen-bond donors (Lipinski definition) is 1. The number of rotatable bonds is 8. The Morgan fingerprint density at radius 2 is 2.25 bits per heavy atom. The molecule has 8 heteroatoms. The van der Waals surface area contributed by atoms with Crippen LogP contribution in [0.15, 0.2) is 64.0 Å². The number of nitrogens with zero attached hydrogens (tertiary/aromatic N) is 4. The van der Waals surface area contributed by atoms with Gasteiger partial charge < -0.3 is 5.32 Å². The van der Waals surface area contributed by atoms with Gasteiger partial charge in [-0.1, -0.05) is 42.5 Å². The van der Waals surface area contributed by atoms with E-state index in [0.717, 1.165) is 53.4 Å². The number of aromatic nitrogens is 3. The fraction of sp³-hybridized carbons (Fsp3) is 0.333. The Morgan fingerprint density at radius 3 is 3.03 bits per heavy atom. The minimum Gasteiger partial charge on any atom is -0.370 e. The van der Waals surface area contributed by atoms with Crippen LogP contribution in [0.1, 0.15) is 19.8 Å². The minimum absolute atomic E-state index is 0.571. The van der Waals surface area contributed by atoms with Crippen LogP contribution in [0.2, 0.25) is 5.02 Å². The van der Waals surface area contributed by atoms with E-state index in [1.165, 1.54) is 17.7 Å². The molecule has 3 heterocycles.